The van der Waals surface area contributed by atoms with Crippen LogP contribution < -0.4 is 15.4 Å². The summed E-state index contributed by atoms with van der Waals surface area (Å²) in [6.45, 7) is 2.30. The van der Waals surface area contributed by atoms with Crippen molar-refractivity contribution in [3.8, 4) is 0 Å². The van der Waals surface area contributed by atoms with Crippen molar-refractivity contribution in [3.63, 3.8) is 0 Å². The Labute approximate surface area is 185 Å². The third-order valence-electron chi connectivity index (χ3n) is 4.20. The van der Waals surface area contributed by atoms with Gasteiger partial charge in [0.05, 0.1) is 10.6 Å². The van der Waals surface area contributed by atoms with Gasteiger partial charge in [0.1, 0.15) is 0 Å². The largest absolute Gasteiger partial charge is 0.352 e. The number of sulfonamides is 1. The molecule has 31 heavy (non-hydrogen) atoms. The Kier molecular flexibility index (Phi) is 6.94. The lowest BCUT2D eigenvalue weighted by Gasteiger charge is -2.11. The van der Waals surface area contributed by atoms with Gasteiger partial charge in [-0.25, -0.2) is 8.42 Å². The van der Waals surface area contributed by atoms with E-state index in [1.54, 1.807) is 42.5 Å². The molecule has 0 aliphatic heterocycles. The third-order valence-corrected chi connectivity index (χ3v) is 5.82. The van der Waals surface area contributed by atoms with Gasteiger partial charge >= 0.3 is 0 Å². The standard InChI is InChI=1S/C22H20ClN3O4S/c1-2-24-21(27)15-6-3-9-18(12-15)25-22(28)16-7-4-11-20(13-16)31(29,30)26-19-10-5-8-17(23)14-19/h3-14,26H,2H2,1H3,(H,24,27)(H,25,28). The molecule has 3 N–H and O–H groups in total. The molecule has 0 fully saturated rings. The summed E-state index contributed by atoms with van der Waals surface area (Å²) in [4.78, 5) is 24.6. The van der Waals surface area contributed by atoms with Gasteiger partial charge in [-0.15, -0.1) is 0 Å². The van der Waals surface area contributed by atoms with Gasteiger partial charge in [-0.2, -0.15) is 0 Å². The number of carbonyl (C=O) groups is 2. The number of nitrogens with one attached hydrogen (secondary N) is 3. The van der Waals surface area contributed by atoms with Crippen molar-refractivity contribution in [1.29, 1.82) is 0 Å². The number of carbonyl (C=O) groups excluding carboxylic acids is 2. The number of amides is 2. The van der Waals surface area contributed by atoms with Gasteiger partial charge in [-0.3, -0.25) is 14.3 Å². The van der Waals surface area contributed by atoms with Crippen LogP contribution in [0.25, 0.3) is 0 Å². The minimum absolute atomic E-state index is 0.0730. The van der Waals surface area contributed by atoms with E-state index in [0.29, 0.717) is 28.5 Å². The Balaban J connectivity index is 1.79. The first-order valence-corrected chi connectivity index (χ1v) is 11.2. The molecule has 3 aromatic rings. The van der Waals surface area contributed by atoms with Crippen molar-refractivity contribution in [2.45, 2.75) is 11.8 Å². The van der Waals surface area contributed by atoms with Crippen LogP contribution in [0, 0.1) is 0 Å². The monoisotopic (exact) mass is 457 g/mol. The second-order valence-corrected chi connectivity index (χ2v) is 8.66. The van der Waals surface area contributed by atoms with Gasteiger partial charge in [0, 0.05) is 28.4 Å². The Hall–Kier alpha value is -3.36. The number of anilines is 2. The van der Waals surface area contributed by atoms with Crippen LogP contribution in [0.15, 0.2) is 77.7 Å². The van der Waals surface area contributed by atoms with Gasteiger partial charge < -0.3 is 10.6 Å². The highest BCUT2D eigenvalue weighted by Gasteiger charge is 2.17. The van der Waals surface area contributed by atoms with E-state index in [1.165, 1.54) is 30.3 Å². The molecule has 0 aliphatic rings. The molecule has 0 heterocycles. The summed E-state index contributed by atoms with van der Waals surface area (Å²) in [7, 11) is -3.92. The zero-order chi connectivity index (χ0) is 22.4. The number of benzene rings is 3. The molecule has 0 spiro atoms. The summed E-state index contributed by atoms with van der Waals surface area (Å²) < 4.78 is 27.8. The highest BCUT2D eigenvalue weighted by molar-refractivity contribution is 7.92. The quantitative estimate of drug-likeness (QED) is 0.495. The fourth-order valence-corrected chi connectivity index (χ4v) is 4.06. The van der Waals surface area contributed by atoms with Crippen LogP contribution in [0.1, 0.15) is 27.6 Å². The van der Waals surface area contributed by atoms with Crippen LogP contribution in [-0.4, -0.2) is 26.8 Å². The van der Waals surface area contributed by atoms with Crippen LogP contribution in [0.3, 0.4) is 0 Å². The van der Waals surface area contributed by atoms with Crippen molar-refractivity contribution < 1.29 is 18.0 Å². The predicted molar refractivity (Wildman–Crippen MR) is 121 cm³/mol. The summed E-state index contributed by atoms with van der Waals surface area (Å²) >= 11 is 5.90. The lowest BCUT2D eigenvalue weighted by molar-refractivity contribution is 0.0954. The lowest BCUT2D eigenvalue weighted by Crippen LogP contribution is -2.22. The molecular formula is C22H20ClN3O4S. The fourth-order valence-electron chi connectivity index (χ4n) is 2.77. The van der Waals surface area contributed by atoms with Crippen molar-refractivity contribution in [2.75, 3.05) is 16.6 Å². The van der Waals surface area contributed by atoms with Crippen LogP contribution in [0.2, 0.25) is 5.02 Å². The van der Waals surface area contributed by atoms with Crippen LogP contribution in [0.5, 0.6) is 0 Å². The summed E-state index contributed by atoms with van der Waals surface area (Å²) in [6, 6.07) is 18.4. The maximum absolute atomic E-state index is 12.7. The molecule has 9 heteroatoms. The number of hydrogen-bond acceptors (Lipinski definition) is 4. The lowest BCUT2D eigenvalue weighted by atomic mass is 10.1. The highest BCUT2D eigenvalue weighted by Crippen LogP contribution is 2.21. The van der Waals surface area contributed by atoms with E-state index in [0.717, 1.165) is 0 Å². The van der Waals surface area contributed by atoms with Crippen LogP contribution in [0.4, 0.5) is 11.4 Å². The molecule has 0 atom stereocenters. The zero-order valence-electron chi connectivity index (χ0n) is 16.6. The molecule has 7 nitrogen and oxygen atoms in total. The van der Waals surface area contributed by atoms with E-state index in [9.17, 15) is 18.0 Å². The molecule has 0 aromatic heterocycles. The Morgan fingerprint density at radius 3 is 2.19 bits per heavy atom. The second-order valence-electron chi connectivity index (χ2n) is 6.54. The number of halogens is 1. The highest BCUT2D eigenvalue weighted by atomic mass is 35.5. The van der Waals surface area contributed by atoms with E-state index >= 15 is 0 Å². The summed E-state index contributed by atoms with van der Waals surface area (Å²) in [5, 5.41) is 5.76. The summed E-state index contributed by atoms with van der Waals surface area (Å²) in [6.07, 6.45) is 0. The normalized spacial score (nSPS) is 10.9. The van der Waals surface area contributed by atoms with Gasteiger partial charge in [-0.1, -0.05) is 29.8 Å². The molecule has 0 radical (unpaired) electrons. The molecule has 0 aliphatic carbocycles. The van der Waals surface area contributed by atoms with Gasteiger partial charge in [0.15, 0.2) is 0 Å². The molecule has 3 rings (SSSR count). The van der Waals surface area contributed by atoms with Crippen molar-refractivity contribution in [3.05, 3.63) is 88.9 Å². The van der Waals surface area contributed by atoms with Gasteiger partial charge in [0.25, 0.3) is 21.8 Å². The number of rotatable bonds is 7. The average Bonchev–Trinajstić information content (AvgIpc) is 2.74. The van der Waals surface area contributed by atoms with Gasteiger partial charge in [-0.05, 0) is 61.5 Å². The maximum Gasteiger partial charge on any atom is 0.261 e. The Morgan fingerprint density at radius 2 is 1.48 bits per heavy atom. The first kappa shape index (κ1) is 22.3. The smallest absolute Gasteiger partial charge is 0.261 e. The predicted octanol–water partition coefficient (Wildman–Crippen LogP) is 4.14. The van der Waals surface area contributed by atoms with E-state index in [2.05, 4.69) is 15.4 Å². The molecule has 2 amide bonds. The van der Waals surface area contributed by atoms with Crippen molar-refractivity contribution >= 4 is 44.8 Å². The molecule has 0 saturated heterocycles. The topological polar surface area (TPSA) is 104 Å². The molecule has 3 aromatic carbocycles. The van der Waals surface area contributed by atoms with Crippen LogP contribution in [-0.2, 0) is 10.0 Å². The summed E-state index contributed by atoms with van der Waals surface area (Å²) in [5.74, 6) is -0.758. The minimum Gasteiger partial charge on any atom is -0.352 e. The van der Waals surface area contributed by atoms with E-state index in [1.807, 2.05) is 6.92 Å². The van der Waals surface area contributed by atoms with E-state index in [4.69, 9.17) is 11.6 Å². The zero-order valence-corrected chi connectivity index (χ0v) is 18.1. The molecular weight excluding hydrogens is 438 g/mol. The minimum atomic E-state index is -3.92. The molecule has 0 saturated carbocycles. The molecule has 0 unspecified atom stereocenters. The fraction of sp³-hybridized carbons (Fsp3) is 0.0909. The Bertz CT molecular complexity index is 1230. The molecule has 160 valence electrons. The molecule has 0 bridgehead atoms. The van der Waals surface area contributed by atoms with E-state index < -0.39 is 15.9 Å². The average molecular weight is 458 g/mol. The van der Waals surface area contributed by atoms with Gasteiger partial charge in [0.2, 0.25) is 0 Å². The first-order valence-electron chi connectivity index (χ1n) is 9.36. The SMILES string of the molecule is CCNC(=O)c1cccc(NC(=O)c2cccc(S(=O)(=O)Nc3cccc(Cl)c3)c2)c1. The summed E-state index contributed by atoms with van der Waals surface area (Å²) in [5.41, 5.74) is 1.28. The van der Waals surface area contributed by atoms with Crippen LogP contribution >= 0.6 is 11.6 Å². The van der Waals surface area contributed by atoms with Crippen molar-refractivity contribution in [2.24, 2.45) is 0 Å². The Morgan fingerprint density at radius 1 is 0.839 bits per heavy atom. The maximum atomic E-state index is 12.7. The second kappa shape index (κ2) is 9.63. The third kappa shape index (κ3) is 5.84. The number of hydrogen-bond donors (Lipinski definition) is 3. The van der Waals surface area contributed by atoms with Crippen molar-refractivity contribution in [1.82, 2.24) is 5.32 Å². The van der Waals surface area contributed by atoms with E-state index in [-0.39, 0.29) is 16.4 Å². The first-order chi connectivity index (χ1) is 14.8.